The standard InChI is InChI=1S/C12H17N3O5/c1-12(2,7-6-10(16)17)13-11(18)8-4-5-9(14(8)3)15(19)20/h4-5H,6-7H2,1-3H3,(H,13,18)(H,16,17). The van der Waals surface area contributed by atoms with Gasteiger partial charge in [0.2, 0.25) is 0 Å². The molecule has 0 fully saturated rings. The molecule has 2 N–H and O–H groups in total. The van der Waals surface area contributed by atoms with Crippen LogP contribution in [-0.2, 0) is 11.8 Å². The summed E-state index contributed by atoms with van der Waals surface area (Å²) >= 11 is 0. The number of nitro groups is 1. The van der Waals surface area contributed by atoms with Gasteiger partial charge in [0.15, 0.2) is 5.69 Å². The summed E-state index contributed by atoms with van der Waals surface area (Å²) < 4.78 is 1.18. The van der Waals surface area contributed by atoms with Crippen LogP contribution in [0.5, 0.6) is 0 Å². The Kier molecular flexibility index (Phi) is 4.49. The lowest BCUT2D eigenvalue weighted by Gasteiger charge is -2.25. The molecule has 1 aromatic heterocycles. The summed E-state index contributed by atoms with van der Waals surface area (Å²) in [4.78, 5) is 32.7. The van der Waals surface area contributed by atoms with E-state index in [1.807, 2.05) is 0 Å². The molecule has 20 heavy (non-hydrogen) atoms. The van der Waals surface area contributed by atoms with Gasteiger partial charge in [-0.05, 0) is 31.3 Å². The summed E-state index contributed by atoms with van der Waals surface area (Å²) in [6.07, 6.45) is 0.196. The van der Waals surface area contributed by atoms with Crippen LogP contribution in [0.2, 0.25) is 0 Å². The van der Waals surface area contributed by atoms with E-state index in [4.69, 9.17) is 5.11 Å². The number of nitrogens with one attached hydrogen (secondary N) is 1. The molecular formula is C12H17N3O5. The third-order valence-corrected chi connectivity index (χ3v) is 2.93. The first-order valence-corrected chi connectivity index (χ1v) is 5.98. The van der Waals surface area contributed by atoms with Crippen molar-refractivity contribution < 1.29 is 19.6 Å². The van der Waals surface area contributed by atoms with E-state index in [2.05, 4.69) is 5.32 Å². The van der Waals surface area contributed by atoms with Gasteiger partial charge in [0, 0.05) is 18.0 Å². The highest BCUT2D eigenvalue weighted by Gasteiger charge is 2.26. The highest BCUT2D eigenvalue weighted by molar-refractivity contribution is 5.93. The number of aromatic nitrogens is 1. The maximum absolute atomic E-state index is 12.1. The number of carbonyl (C=O) groups is 2. The van der Waals surface area contributed by atoms with Gasteiger partial charge in [-0.1, -0.05) is 0 Å². The molecule has 110 valence electrons. The molecule has 0 bridgehead atoms. The van der Waals surface area contributed by atoms with Crippen LogP contribution in [0.1, 0.15) is 37.2 Å². The first kappa shape index (κ1) is 15.7. The first-order chi connectivity index (χ1) is 9.14. The molecule has 1 rings (SSSR count). The first-order valence-electron chi connectivity index (χ1n) is 5.98. The van der Waals surface area contributed by atoms with Crippen LogP contribution in [-0.4, -0.2) is 32.0 Å². The Morgan fingerprint density at radius 1 is 1.45 bits per heavy atom. The van der Waals surface area contributed by atoms with E-state index in [9.17, 15) is 19.7 Å². The van der Waals surface area contributed by atoms with Crippen molar-refractivity contribution in [3.05, 3.63) is 27.9 Å². The predicted octanol–water partition coefficient (Wildman–Crippen LogP) is 1.31. The second kappa shape index (κ2) is 5.72. The molecule has 8 nitrogen and oxygen atoms in total. The molecule has 0 saturated heterocycles. The fourth-order valence-electron chi connectivity index (χ4n) is 1.77. The molecule has 1 aromatic rings. The van der Waals surface area contributed by atoms with Crippen molar-refractivity contribution in [3.63, 3.8) is 0 Å². The minimum absolute atomic E-state index is 0.0689. The van der Waals surface area contributed by atoms with Gasteiger partial charge in [0.25, 0.3) is 5.91 Å². The van der Waals surface area contributed by atoms with E-state index in [0.29, 0.717) is 0 Å². The van der Waals surface area contributed by atoms with Crippen molar-refractivity contribution >= 4 is 17.7 Å². The second-order valence-corrected chi connectivity index (χ2v) is 5.12. The quantitative estimate of drug-likeness (QED) is 0.603. The Bertz CT molecular complexity index is 547. The Hall–Kier alpha value is -2.38. The van der Waals surface area contributed by atoms with Crippen molar-refractivity contribution in [3.8, 4) is 0 Å². The third-order valence-electron chi connectivity index (χ3n) is 2.93. The van der Waals surface area contributed by atoms with Crippen molar-refractivity contribution in [2.75, 3.05) is 0 Å². The zero-order valence-electron chi connectivity index (χ0n) is 11.5. The largest absolute Gasteiger partial charge is 0.481 e. The minimum Gasteiger partial charge on any atom is -0.481 e. The lowest BCUT2D eigenvalue weighted by Crippen LogP contribution is -2.44. The topological polar surface area (TPSA) is 114 Å². The lowest BCUT2D eigenvalue weighted by molar-refractivity contribution is -0.391. The summed E-state index contributed by atoms with van der Waals surface area (Å²) in [7, 11) is 1.43. The fourth-order valence-corrected chi connectivity index (χ4v) is 1.77. The molecule has 1 heterocycles. The molecule has 0 atom stereocenters. The fraction of sp³-hybridized carbons (Fsp3) is 0.500. The van der Waals surface area contributed by atoms with Crippen molar-refractivity contribution in [1.29, 1.82) is 0 Å². The average Bonchev–Trinajstić information content (AvgIpc) is 2.68. The van der Waals surface area contributed by atoms with E-state index >= 15 is 0 Å². The van der Waals surface area contributed by atoms with Gasteiger partial charge in [-0.25, -0.2) is 4.57 Å². The van der Waals surface area contributed by atoms with Gasteiger partial charge < -0.3 is 20.5 Å². The summed E-state index contributed by atoms with van der Waals surface area (Å²) in [5.41, 5.74) is -0.561. The molecule has 0 aromatic carbocycles. The van der Waals surface area contributed by atoms with Crippen molar-refractivity contribution in [2.24, 2.45) is 7.05 Å². The number of hydrogen-bond acceptors (Lipinski definition) is 4. The zero-order chi connectivity index (χ0) is 15.5. The summed E-state index contributed by atoms with van der Waals surface area (Å²) in [5.74, 6) is -1.60. The van der Waals surface area contributed by atoms with Gasteiger partial charge in [-0.3, -0.25) is 9.59 Å². The SMILES string of the molecule is Cn1c(C(=O)NC(C)(C)CCC(=O)O)ccc1[N+](=O)[O-]. The van der Waals surface area contributed by atoms with Crippen LogP contribution in [0.4, 0.5) is 5.82 Å². The van der Waals surface area contributed by atoms with Crippen LogP contribution >= 0.6 is 0 Å². The van der Waals surface area contributed by atoms with E-state index in [1.165, 1.54) is 23.7 Å². The Morgan fingerprint density at radius 2 is 2.05 bits per heavy atom. The lowest BCUT2D eigenvalue weighted by atomic mass is 9.98. The van der Waals surface area contributed by atoms with E-state index in [-0.39, 0.29) is 24.4 Å². The molecular weight excluding hydrogens is 266 g/mol. The van der Waals surface area contributed by atoms with Crippen LogP contribution in [0.15, 0.2) is 12.1 Å². The molecule has 0 aliphatic carbocycles. The van der Waals surface area contributed by atoms with E-state index in [1.54, 1.807) is 13.8 Å². The summed E-state index contributed by atoms with van der Waals surface area (Å²) in [5, 5.41) is 22.0. The summed E-state index contributed by atoms with van der Waals surface area (Å²) in [6, 6.07) is 2.61. The number of nitrogens with zero attached hydrogens (tertiary/aromatic N) is 2. The minimum atomic E-state index is -0.943. The van der Waals surface area contributed by atoms with Crippen LogP contribution in [0.25, 0.3) is 0 Å². The van der Waals surface area contributed by atoms with Gasteiger partial charge in [-0.2, -0.15) is 0 Å². The van der Waals surface area contributed by atoms with Crippen LogP contribution in [0.3, 0.4) is 0 Å². The number of amides is 1. The van der Waals surface area contributed by atoms with Gasteiger partial charge in [0.05, 0.1) is 7.05 Å². The van der Waals surface area contributed by atoms with E-state index in [0.717, 1.165) is 0 Å². The number of carboxylic acid groups (broad SMARTS) is 1. The van der Waals surface area contributed by atoms with Crippen molar-refractivity contribution in [1.82, 2.24) is 9.88 Å². The highest BCUT2D eigenvalue weighted by atomic mass is 16.6. The van der Waals surface area contributed by atoms with Crippen molar-refractivity contribution in [2.45, 2.75) is 32.2 Å². The molecule has 8 heteroatoms. The molecule has 0 unspecified atom stereocenters. The maximum Gasteiger partial charge on any atom is 0.323 e. The normalized spacial score (nSPS) is 11.2. The summed E-state index contributed by atoms with van der Waals surface area (Å²) in [6.45, 7) is 3.40. The Labute approximate surface area is 115 Å². The Morgan fingerprint density at radius 3 is 2.50 bits per heavy atom. The van der Waals surface area contributed by atoms with Crippen LogP contribution < -0.4 is 5.32 Å². The number of carbonyl (C=O) groups excluding carboxylic acids is 1. The highest BCUT2D eigenvalue weighted by Crippen LogP contribution is 2.17. The Balaban J connectivity index is 2.81. The molecule has 0 spiro atoms. The van der Waals surface area contributed by atoms with Gasteiger partial charge in [0.1, 0.15) is 0 Å². The molecule has 0 aliphatic heterocycles. The van der Waals surface area contributed by atoms with Crippen LogP contribution in [0, 0.1) is 10.1 Å². The predicted molar refractivity (Wildman–Crippen MR) is 70.5 cm³/mol. The van der Waals surface area contributed by atoms with Gasteiger partial charge >= 0.3 is 11.8 Å². The number of carboxylic acids is 1. The van der Waals surface area contributed by atoms with E-state index < -0.39 is 22.3 Å². The number of rotatable bonds is 6. The number of aliphatic carboxylic acids is 1. The molecule has 0 aliphatic rings. The third kappa shape index (κ3) is 3.81. The zero-order valence-corrected chi connectivity index (χ0v) is 11.5. The monoisotopic (exact) mass is 283 g/mol. The second-order valence-electron chi connectivity index (χ2n) is 5.12. The smallest absolute Gasteiger partial charge is 0.323 e. The average molecular weight is 283 g/mol. The number of hydrogen-bond donors (Lipinski definition) is 2. The maximum atomic E-state index is 12.1. The molecule has 0 radical (unpaired) electrons. The molecule has 0 saturated carbocycles. The van der Waals surface area contributed by atoms with Gasteiger partial charge in [-0.15, -0.1) is 0 Å². The molecule has 1 amide bonds.